The van der Waals surface area contributed by atoms with Gasteiger partial charge in [-0.1, -0.05) is 126 Å². The molecule has 0 bridgehead atoms. The Balaban J connectivity index is 1.73. The van der Waals surface area contributed by atoms with Gasteiger partial charge >= 0.3 is 0 Å². The van der Waals surface area contributed by atoms with E-state index in [0.717, 1.165) is 33.1 Å². The molecule has 4 rings (SSSR count). The van der Waals surface area contributed by atoms with Gasteiger partial charge in [-0.2, -0.15) is 0 Å². The molecule has 2 atom stereocenters. The molecule has 4 nitrogen and oxygen atoms in total. The Morgan fingerprint density at radius 2 is 1.27 bits per heavy atom. The van der Waals surface area contributed by atoms with Gasteiger partial charge in [0.1, 0.15) is 6.04 Å². The highest BCUT2D eigenvalue weighted by molar-refractivity contribution is 9.10. The molecule has 206 valence electrons. The molecule has 0 aliphatic heterocycles. The molecule has 4 aromatic carbocycles. The van der Waals surface area contributed by atoms with E-state index in [1.54, 1.807) is 4.90 Å². The first-order chi connectivity index (χ1) is 19.4. The third kappa shape index (κ3) is 8.15. The summed E-state index contributed by atoms with van der Waals surface area (Å²) in [6.07, 6.45) is 1.51. The van der Waals surface area contributed by atoms with Crippen LogP contribution in [0.5, 0.6) is 0 Å². The smallest absolute Gasteiger partial charge is 0.243 e. The second-order valence-corrected chi connectivity index (χ2v) is 11.2. The van der Waals surface area contributed by atoms with Crippen molar-refractivity contribution in [2.45, 2.75) is 57.7 Å². The average Bonchev–Trinajstić information content (AvgIpc) is 2.99. The first-order valence-corrected chi connectivity index (χ1v) is 14.7. The summed E-state index contributed by atoms with van der Waals surface area (Å²) in [4.78, 5) is 30.0. The van der Waals surface area contributed by atoms with E-state index in [2.05, 4.69) is 45.5 Å². The fourth-order valence-electron chi connectivity index (χ4n) is 4.87. The van der Waals surface area contributed by atoms with E-state index >= 15 is 0 Å². The minimum atomic E-state index is -0.653. The second-order valence-electron chi connectivity index (χ2n) is 10.2. The number of nitrogens with one attached hydrogen (secondary N) is 1. The van der Waals surface area contributed by atoms with E-state index in [1.807, 2.05) is 105 Å². The third-order valence-electron chi connectivity index (χ3n) is 7.32. The van der Waals surface area contributed by atoms with Crippen LogP contribution < -0.4 is 5.32 Å². The molecule has 5 heteroatoms. The molecule has 1 N–H and O–H groups in total. The van der Waals surface area contributed by atoms with Crippen LogP contribution in [-0.4, -0.2) is 28.8 Å². The fourth-order valence-corrected chi connectivity index (χ4v) is 5.14. The van der Waals surface area contributed by atoms with Crippen LogP contribution in [0.3, 0.4) is 0 Å². The maximum atomic E-state index is 14.4. The van der Waals surface area contributed by atoms with Crippen molar-refractivity contribution in [3.05, 3.63) is 142 Å². The van der Waals surface area contributed by atoms with Gasteiger partial charge in [0.05, 0.1) is 0 Å². The topological polar surface area (TPSA) is 49.4 Å². The lowest BCUT2D eigenvalue weighted by Crippen LogP contribution is -2.52. The SMILES string of the molecule is CC[C@@H](C)NC(=O)[C@H](Cc1ccccc1)N(Cc1ccc(Br)cc1)C(=O)CC(c1ccccc1)c1ccccc1. The highest BCUT2D eigenvalue weighted by Gasteiger charge is 2.32. The molecule has 0 spiro atoms. The number of halogens is 1. The summed E-state index contributed by atoms with van der Waals surface area (Å²) in [6.45, 7) is 4.39. The molecule has 0 radical (unpaired) electrons. The van der Waals surface area contributed by atoms with Gasteiger partial charge < -0.3 is 10.2 Å². The van der Waals surface area contributed by atoms with Crippen molar-refractivity contribution in [3.8, 4) is 0 Å². The fraction of sp³-hybridized carbons (Fsp3) is 0.257. The molecule has 0 unspecified atom stereocenters. The zero-order valence-electron chi connectivity index (χ0n) is 23.2. The number of amides is 2. The van der Waals surface area contributed by atoms with Crippen molar-refractivity contribution in [2.75, 3.05) is 0 Å². The standard InChI is InChI=1S/C35H37BrN2O2/c1-3-26(2)37-35(40)33(23-27-13-7-4-8-14-27)38(25-28-19-21-31(36)22-20-28)34(39)24-32(29-15-9-5-10-16-29)30-17-11-6-12-18-30/h4-22,26,32-33H,3,23-25H2,1-2H3,(H,37,40)/t26-,33+/m1/s1. The molecular formula is C35H37BrN2O2. The molecule has 0 fully saturated rings. The number of hydrogen-bond acceptors (Lipinski definition) is 2. The highest BCUT2D eigenvalue weighted by atomic mass is 79.9. The summed E-state index contributed by atoms with van der Waals surface area (Å²) in [5.74, 6) is -0.308. The van der Waals surface area contributed by atoms with E-state index < -0.39 is 6.04 Å². The molecule has 0 aromatic heterocycles. The summed E-state index contributed by atoms with van der Waals surface area (Å²) in [5.41, 5.74) is 4.15. The predicted molar refractivity (Wildman–Crippen MR) is 166 cm³/mol. The summed E-state index contributed by atoms with van der Waals surface area (Å²) in [5, 5.41) is 3.16. The maximum absolute atomic E-state index is 14.4. The van der Waals surface area contributed by atoms with Gasteiger partial charge in [0.15, 0.2) is 0 Å². The van der Waals surface area contributed by atoms with Gasteiger partial charge in [-0.3, -0.25) is 9.59 Å². The quantitative estimate of drug-likeness (QED) is 0.184. The summed E-state index contributed by atoms with van der Waals surface area (Å²) < 4.78 is 0.970. The van der Waals surface area contributed by atoms with E-state index in [0.29, 0.717) is 13.0 Å². The molecule has 0 heterocycles. The van der Waals surface area contributed by atoms with Crippen molar-refractivity contribution >= 4 is 27.7 Å². The summed E-state index contributed by atoms with van der Waals surface area (Å²) in [7, 11) is 0. The number of carbonyl (C=O) groups is 2. The van der Waals surface area contributed by atoms with Crippen molar-refractivity contribution in [3.63, 3.8) is 0 Å². The van der Waals surface area contributed by atoms with Crippen LogP contribution in [0.2, 0.25) is 0 Å². The van der Waals surface area contributed by atoms with Crippen LogP contribution in [0, 0.1) is 0 Å². The molecule has 0 saturated heterocycles. The molecule has 2 amide bonds. The summed E-state index contributed by atoms with van der Waals surface area (Å²) >= 11 is 3.51. The molecular weight excluding hydrogens is 560 g/mol. The monoisotopic (exact) mass is 596 g/mol. The van der Waals surface area contributed by atoms with Gasteiger partial charge in [-0.05, 0) is 47.7 Å². The van der Waals surface area contributed by atoms with Crippen molar-refractivity contribution in [1.82, 2.24) is 10.2 Å². The van der Waals surface area contributed by atoms with Crippen molar-refractivity contribution in [1.29, 1.82) is 0 Å². The number of hydrogen-bond donors (Lipinski definition) is 1. The first kappa shape index (κ1) is 29.3. The van der Waals surface area contributed by atoms with Crippen LogP contribution in [-0.2, 0) is 22.6 Å². The van der Waals surface area contributed by atoms with Crippen LogP contribution in [0.1, 0.15) is 54.9 Å². The Morgan fingerprint density at radius 3 is 1.80 bits per heavy atom. The second kappa shape index (κ2) is 14.6. The number of rotatable bonds is 12. The van der Waals surface area contributed by atoms with Gasteiger partial charge in [0.25, 0.3) is 0 Å². The Morgan fingerprint density at radius 1 is 0.750 bits per heavy atom. The molecule has 40 heavy (non-hydrogen) atoms. The average molecular weight is 598 g/mol. The predicted octanol–water partition coefficient (Wildman–Crippen LogP) is 7.53. The van der Waals surface area contributed by atoms with E-state index in [9.17, 15) is 9.59 Å². The van der Waals surface area contributed by atoms with Gasteiger partial charge in [0, 0.05) is 35.8 Å². The van der Waals surface area contributed by atoms with Crippen LogP contribution in [0.4, 0.5) is 0 Å². The molecule has 0 aliphatic rings. The lowest BCUT2D eigenvalue weighted by atomic mass is 9.87. The van der Waals surface area contributed by atoms with Gasteiger partial charge in [0.2, 0.25) is 11.8 Å². The van der Waals surface area contributed by atoms with E-state index in [-0.39, 0.29) is 30.2 Å². The van der Waals surface area contributed by atoms with Gasteiger partial charge in [-0.15, -0.1) is 0 Å². The summed E-state index contributed by atoms with van der Waals surface area (Å²) in [6, 6.07) is 37.5. The lowest BCUT2D eigenvalue weighted by Gasteiger charge is -2.33. The number of nitrogens with zero attached hydrogens (tertiary/aromatic N) is 1. The van der Waals surface area contributed by atoms with E-state index in [1.165, 1.54) is 0 Å². The molecule has 0 aliphatic carbocycles. The first-order valence-electron chi connectivity index (χ1n) is 13.9. The van der Waals surface area contributed by atoms with Crippen LogP contribution >= 0.6 is 15.9 Å². The molecule has 0 saturated carbocycles. The normalized spacial score (nSPS) is 12.5. The third-order valence-corrected chi connectivity index (χ3v) is 7.85. The minimum Gasteiger partial charge on any atom is -0.352 e. The lowest BCUT2D eigenvalue weighted by molar-refractivity contribution is -0.141. The van der Waals surface area contributed by atoms with Crippen LogP contribution in [0.25, 0.3) is 0 Å². The van der Waals surface area contributed by atoms with Gasteiger partial charge in [-0.25, -0.2) is 0 Å². The van der Waals surface area contributed by atoms with Crippen LogP contribution in [0.15, 0.2) is 120 Å². The van der Waals surface area contributed by atoms with E-state index in [4.69, 9.17) is 0 Å². The zero-order chi connectivity index (χ0) is 28.3. The Labute approximate surface area is 246 Å². The maximum Gasteiger partial charge on any atom is 0.243 e. The van der Waals surface area contributed by atoms with Crippen molar-refractivity contribution < 1.29 is 9.59 Å². The largest absolute Gasteiger partial charge is 0.352 e. The highest BCUT2D eigenvalue weighted by Crippen LogP contribution is 2.30. The zero-order valence-corrected chi connectivity index (χ0v) is 24.8. The molecule has 4 aromatic rings. The van der Waals surface area contributed by atoms with Crippen molar-refractivity contribution in [2.24, 2.45) is 0 Å². The Bertz CT molecular complexity index is 1310. The Hall–Kier alpha value is -3.70. The minimum absolute atomic E-state index is 0.0109. The number of benzene rings is 4. The Kier molecular flexibility index (Phi) is 10.7. The number of carbonyl (C=O) groups excluding carboxylic acids is 2.